The smallest absolute Gasteiger partial charge is 0.223 e. The van der Waals surface area contributed by atoms with Crippen LogP contribution in [0.3, 0.4) is 0 Å². The summed E-state index contributed by atoms with van der Waals surface area (Å²) >= 11 is 0. The second-order valence-corrected chi connectivity index (χ2v) is 3.60. The van der Waals surface area contributed by atoms with Gasteiger partial charge in [-0.05, 0) is 5.92 Å². The van der Waals surface area contributed by atoms with Gasteiger partial charge >= 0.3 is 0 Å². The lowest BCUT2D eigenvalue weighted by Gasteiger charge is -2.29. The average Bonchev–Trinajstić information content (AvgIpc) is 1.89. The van der Waals surface area contributed by atoms with Crippen LogP contribution >= 0.6 is 0 Å². The fraction of sp³-hybridized carbons (Fsp3) is 0.889. The van der Waals surface area contributed by atoms with Crippen LogP contribution in [0.5, 0.6) is 0 Å². The van der Waals surface area contributed by atoms with E-state index in [0.717, 1.165) is 12.8 Å². The fourth-order valence-corrected chi connectivity index (χ4v) is 1.51. The van der Waals surface area contributed by atoms with Gasteiger partial charge in [0.15, 0.2) is 0 Å². The predicted molar refractivity (Wildman–Crippen MR) is 47.0 cm³/mol. The van der Waals surface area contributed by atoms with E-state index in [1.54, 1.807) is 0 Å². The van der Waals surface area contributed by atoms with Crippen LogP contribution in [-0.2, 0) is 4.79 Å². The van der Waals surface area contributed by atoms with Gasteiger partial charge in [-0.2, -0.15) is 0 Å². The number of carbonyl (C=O) groups is 1. The summed E-state index contributed by atoms with van der Waals surface area (Å²) in [7, 11) is 0. The summed E-state index contributed by atoms with van der Waals surface area (Å²) in [4.78, 5) is 11.0. The first-order chi connectivity index (χ1) is 4.96. The van der Waals surface area contributed by atoms with E-state index in [-0.39, 0.29) is 11.3 Å². The van der Waals surface area contributed by atoms with Gasteiger partial charge in [-0.3, -0.25) is 4.79 Å². The summed E-state index contributed by atoms with van der Waals surface area (Å²) in [5, 5.41) is 0. The normalized spacial score (nSPS) is 12.1. The maximum absolute atomic E-state index is 11.0. The Kier molecular flexibility index (Phi) is 3.56. The molecule has 0 aliphatic carbocycles. The van der Waals surface area contributed by atoms with E-state index in [4.69, 9.17) is 5.73 Å². The zero-order chi connectivity index (χ0) is 9.07. The Morgan fingerprint density at radius 3 is 1.82 bits per heavy atom. The van der Waals surface area contributed by atoms with Crippen LogP contribution in [0.2, 0.25) is 0 Å². The van der Waals surface area contributed by atoms with E-state index in [0.29, 0.717) is 5.92 Å². The van der Waals surface area contributed by atoms with Gasteiger partial charge in [0, 0.05) is 5.41 Å². The van der Waals surface area contributed by atoms with Crippen molar-refractivity contribution in [3.05, 3.63) is 0 Å². The van der Waals surface area contributed by atoms with Crippen molar-refractivity contribution < 1.29 is 4.79 Å². The maximum Gasteiger partial charge on any atom is 0.223 e. The first kappa shape index (κ1) is 10.5. The highest BCUT2D eigenvalue weighted by molar-refractivity contribution is 5.80. The van der Waals surface area contributed by atoms with E-state index >= 15 is 0 Å². The van der Waals surface area contributed by atoms with Gasteiger partial charge in [0.1, 0.15) is 0 Å². The lowest BCUT2D eigenvalue weighted by atomic mass is 9.75. The van der Waals surface area contributed by atoms with E-state index in [2.05, 4.69) is 13.8 Å². The molecule has 0 atom stereocenters. The molecule has 0 spiro atoms. The molecule has 0 fully saturated rings. The van der Waals surface area contributed by atoms with Gasteiger partial charge in [0.05, 0.1) is 0 Å². The number of amides is 1. The van der Waals surface area contributed by atoms with Crippen molar-refractivity contribution in [3.8, 4) is 0 Å². The maximum atomic E-state index is 11.0. The SMILES string of the molecule is CCC(CC)C(C)(C)C(N)=O. The molecule has 0 saturated carbocycles. The number of hydrogen-bond acceptors (Lipinski definition) is 1. The van der Waals surface area contributed by atoms with Crippen molar-refractivity contribution in [1.29, 1.82) is 0 Å². The number of primary amides is 1. The number of rotatable bonds is 4. The highest BCUT2D eigenvalue weighted by Crippen LogP contribution is 2.31. The molecule has 0 aromatic carbocycles. The van der Waals surface area contributed by atoms with Crippen LogP contribution in [-0.4, -0.2) is 5.91 Å². The third kappa shape index (κ3) is 2.21. The average molecular weight is 157 g/mol. The molecule has 2 heteroatoms. The third-order valence-corrected chi connectivity index (χ3v) is 2.64. The summed E-state index contributed by atoms with van der Waals surface area (Å²) in [5.74, 6) is 0.228. The van der Waals surface area contributed by atoms with Crippen LogP contribution < -0.4 is 5.73 Å². The van der Waals surface area contributed by atoms with E-state index in [1.165, 1.54) is 0 Å². The lowest BCUT2D eigenvalue weighted by Crippen LogP contribution is -2.37. The first-order valence-electron chi connectivity index (χ1n) is 4.26. The van der Waals surface area contributed by atoms with Crippen LogP contribution in [0.25, 0.3) is 0 Å². The van der Waals surface area contributed by atoms with Gasteiger partial charge in [-0.15, -0.1) is 0 Å². The second kappa shape index (κ2) is 3.74. The highest BCUT2D eigenvalue weighted by Gasteiger charge is 2.32. The molecule has 0 aliphatic heterocycles. The largest absolute Gasteiger partial charge is 0.369 e. The Hall–Kier alpha value is -0.530. The van der Waals surface area contributed by atoms with Gasteiger partial charge in [0.25, 0.3) is 0 Å². The van der Waals surface area contributed by atoms with Gasteiger partial charge in [0.2, 0.25) is 5.91 Å². The van der Waals surface area contributed by atoms with E-state index < -0.39 is 0 Å². The van der Waals surface area contributed by atoms with Crippen molar-refractivity contribution in [2.75, 3.05) is 0 Å². The van der Waals surface area contributed by atoms with Crippen molar-refractivity contribution in [2.24, 2.45) is 17.1 Å². The molecule has 0 rings (SSSR count). The van der Waals surface area contributed by atoms with E-state index in [1.807, 2.05) is 13.8 Å². The zero-order valence-corrected chi connectivity index (χ0v) is 7.98. The molecule has 2 nitrogen and oxygen atoms in total. The topological polar surface area (TPSA) is 43.1 Å². The van der Waals surface area contributed by atoms with Crippen LogP contribution in [0.1, 0.15) is 40.5 Å². The van der Waals surface area contributed by atoms with Crippen molar-refractivity contribution in [2.45, 2.75) is 40.5 Å². The fourth-order valence-electron chi connectivity index (χ4n) is 1.51. The first-order valence-corrected chi connectivity index (χ1v) is 4.26. The predicted octanol–water partition coefficient (Wildman–Crippen LogP) is 1.93. The second-order valence-electron chi connectivity index (χ2n) is 3.60. The number of hydrogen-bond donors (Lipinski definition) is 1. The quantitative estimate of drug-likeness (QED) is 0.665. The minimum atomic E-state index is -0.344. The minimum Gasteiger partial charge on any atom is -0.369 e. The summed E-state index contributed by atoms with van der Waals surface area (Å²) in [6.07, 6.45) is 2.04. The summed E-state index contributed by atoms with van der Waals surface area (Å²) in [5.41, 5.74) is 4.94. The van der Waals surface area contributed by atoms with Crippen LogP contribution in [0, 0.1) is 11.3 Å². The lowest BCUT2D eigenvalue weighted by molar-refractivity contribution is -0.128. The Morgan fingerprint density at radius 1 is 1.36 bits per heavy atom. The standard InChI is InChI=1S/C9H19NO/c1-5-7(6-2)9(3,4)8(10)11/h7H,5-6H2,1-4H3,(H2,10,11). The molecule has 0 aromatic rings. The number of carbonyl (C=O) groups excluding carboxylic acids is 1. The molecule has 11 heavy (non-hydrogen) atoms. The Bertz CT molecular complexity index is 136. The molecule has 0 unspecified atom stereocenters. The number of nitrogens with two attached hydrogens (primary N) is 1. The van der Waals surface area contributed by atoms with Crippen molar-refractivity contribution in [1.82, 2.24) is 0 Å². The minimum absolute atomic E-state index is 0.189. The molecule has 0 aromatic heterocycles. The van der Waals surface area contributed by atoms with Crippen LogP contribution in [0.15, 0.2) is 0 Å². The third-order valence-electron chi connectivity index (χ3n) is 2.64. The summed E-state index contributed by atoms with van der Waals surface area (Å²) in [6, 6.07) is 0. The molecule has 0 radical (unpaired) electrons. The summed E-state index contributed by atoms with van der Waals surface area (Å²) < 4.78 is 0. The van der Waals surface area contributed by atoms with Crippen molar-refractivity contribution >= 4 is 5.91 Å². The molecule has 2 N–H and O–H groups in total. The molecular weight excluding hydrogens is 138 g/mol. The monoisotopic (exact) mass is 157 g/mol. The Labute approximate surface area is 69.2 Å². The molecule has 0 bridgehead atoms. The van der Waals surface area contributed by atoms with Gasteiger partial charge in [-0.25, -0.2) is 0 Å². The molecule has 0 heterocycles. The Morgan fingerprint density at radius 2 is 1.73 bits per heavy atom. The molecule has 0 aliphatic rings. The van der Waals surface area contributed by atoms with Crippen LogP contribution in [0.4, 0.5) is 0 Å². The molecule has 1 amide bonds. The molecule has 66 valence electrons. The van der Waals surface area contributed by atoms with E-state index in [9.17, 15) is 4.79 Å². The molecule has 0 saturated heterocycles. The Balaban J connectivity index is 4.36. The zero-order valence-electron chi connectivity index (χ0n) is 7.98. The van der Waals surface area contributed by atoms with Gasteiger partial charge < -0.3 is 5.73 Å². The molecular formula is C9H19NO. The van der Waals surface area contributed by atoms with Crippen molar-refractivity contribution in [3.63, 3.8) is 0 Å². The summed E-state index contributed by atoms with van der Waals surface area (Å²) in [6.45, 7) is 8.04. The highest BCUT2D eigenvalue weighted by atomic mass is 16.1. The van der Waals surface area contributed by atoms with Gasteiger partial charge in [-0.1, -0.05) is 40.5 Å².